The van der Waals surface area contributed by atoms with Gasteiger partial charge in [-0.25, -0.2) is 9.59 Å². The predicted molar refractivity (Wildman–Crippen MR) is 80.6 cm³/mol. The topological polar surface area (TPSA) is 81.7 Å². The van der Waals surface area contributed by atoms with Crippen molar-refractivity contribution in [1.29, 1.82) is 0 Å². The van der Waals surface area contributed by atoms with Crippen molar-refractivity contribution >= 4 is 29.3 Å². The van der Waals surface area contributed by atoms with E-state index in [-0.39, 0.29) is 5.92 Å². The molecule has 7 heteroatoms. The number of benzene rings is 1. The normalized spacial score (nSPS) is 21.3. The van der Waals surface area contributed by atoms with E-state index in [0.29, 0.717) is 30.2 Å². The van der Waals surface area contributed by atoms with Crippen LogP contribution >= 0.6 is 11.6 Å². The molecule has 0 aliphatic carbocycles. The number of urea groups is 1. The number of likely N-dealkylation sites (tertiary alicyclic amines) is 1. The molecule has 0 radical (unpaired) electrons. The first-order chi connectivity index (χ1) is 10.0. The summed E-state index contributed by atoms with van der Waals surface area (Å²) in [6, 6.07) is 5.51. The Morgan fingerprint density at radius 3 is 2.62 bits per heavy atom. The van der Waals surface area contributed by atoms with Gasteiger partial charge in [0, 0.05) is 17.3 Å². The van der Waals surface area contributed by atoms with Crippen molar-refractivity contribution in [3.63, 3.8) is 0 Å². The highest BCUT2D eigenvalue weighted by Gasteiger charge is 2.39. The highest BCUT2D eigenvalue weighted by Crippen LogP contribution is 2.24. The Kier molecular flexibility index (Phi) is 5.03. The average Bonchev–Trinajstić information content (AvgIpc) is 2.86. The monoisotopic (exact) mass is 311 g/mol. The van der Waals surface area contributed by atoms with E-state index in [0.717, 1.165) is 0 Å². The fourth-order valence-electron chi connectivity index (χ4n) is 2.55. The molecule has 1 aromatic carbocycles. The molecule has 2 rings (SSSR count). The lowest BCUT2D eigenvalue weighted by molar-refractivity contribution is -0.141. The van der Waals surface area contributed by atoms with Crippen LogP contribution in [0.15, 0.2) is 24.3 Å². The minimum Gasteiger partial charge on any atom is -0.480 e. The van der Waals surface area contributed by atoms with E-state index in [4.69, 9.17) is 11.6 Å². The number of nitrogens with one attached hydrogen (secondary N) is 2. The van der Waals surface area contributed by atoms with E-state index >= 15 is 0 Å². The standard InChI is InChI=1S/C14H18ClN3O3/c1-16-7-9-6-12(13(19)20)18(8-9)14(21)17-11-4-2-10(15)3-5-11/h2-5,9,12,16H,6-8H2,1H3,(H,17,21)(H,19,20). The number of halogens is 1. The Morgan fingerprint density at radius 1 is 1.38 bits per heavy atom. The average molecular weight is 312 g/mol. The fraction of sp³-hybridized carbons (Fsp3) is 0.429. The van der Waals surface area contributed by atoms with Crippen LogP contribution in [0.3, 0.4) is 0 Å². The smallest absolute Gasteiger partial charge is 0.326 e. The third-order valence-electron chi connectivity index (χ3n) is 3.52. The van der Waals surface area contributed by atoms with Gasteiger partial charge in [-0.3, -0.25) is 0 Å². The third-order valence-corrected chi connectivity index (χ3v) is 3.77. The molecular weight excluding hydrogens is 294 g/mol. The van der Waals surface area contributed by atoms with Crippen molar-refractivity contribution in [2.24, 2.45) is 5.92 Å². The van der Waals surface area contributed by atoms with E-state index in [9.17, 15) is 14.7 Å². The minimum atomic E-state index is -0.972. The number of hydrogen-bond acceptors (Lipinski definition) is 3. The zero-order valence-electron chi connectivity index (χ0n) is 11.7. The van der Waals surface area contributed by atoms with Gasteiger partial charge >= 0.3 is 12.0 Å². The van der Waals surface area contributed by atoms with Gasteiger partial charge in [-0.2, -0.15) is 0 Å². The van der Waals surface area contributed by atoms with Gasteiger partial charge in [-0.15, -0.1) is 0 Å². The number of nitrogens with zero attached hydrogens (tertiary/aromatic N) is 1. The first kappa shape index (κ1) is 15.6. The van der Waals surface area contributed by atoms with Gasteiger partial charge in [0.2, 0.25) is 0 Å². The second kappa shape index (κ2) is 6.78. The Morgan fingerprint density at radius 2 is 2.05 bits per heavy atom. The maximum atomic E-state index is 12.3. The number of aliphatic carboxylic acids is 1. The second-order valence-corrected chi connectivity index (χ2v) is 5.54. The summed E-state index contributed by atoms with van der Waals surface area (Å²) < 4.78 is 0. The molecule has 0 saturated carbocycles. The lowest BCUT2D eigenvalue weighted by atomic mass is 10.1. The first-order valence-electron chi connectivity index (χ1n) is 6.72. The zero-order valence-corrected chi connectivity index (χ0v) is 12.4. The van der Waals surface area contributed by atoms with Crippen molar-refractivity contribution in [2.75, 3.05) is 25.5 Å². The van der Waals surface area contributed by atoms with E-state index in [1.54, 1.807) is 24.3 Å². The molecule has 0 bridgehead atoms. The number of carbonyl (C=O) groups is 2. The van der Waals surface area contributed by atoms with Crippen LogP contribution in [0.2, 0.25) is 5.02 Å². The number of amides is 2. The maximum absolute atomic E-state index is 12.3. The lowest BCUT2D eigenvalue weighted by Gasteiger charge is -2.22. The highest BCUT2D eigenvalue weighted by molar-refractivity contribution is 6.30. The molecule has 2 atom stereocenters. The van der Waals surface area contributed by atoms with Crippen molar-refractivity contribution < 1.29 is 14.7 Å². The largest absolute Gasteiger partial charge is 0.480 e. The van der Waals surface area contributed by atoms with E-state index in [1.165, 1.54) is 4.90 Å². The van der Waals surface area contributed by atoms with E-state index < -0.39 is 18.0 Å². The summed E-state index contributed by atoms with van der Waals surface area (Å²) in [6.45, 7) is 1.12. The molecule has 1 aliphatic rings. The molecule has 2 amide bonds. The summed E-state index contributed by atoms with van der Waals surface area (Å²) >= 11 is 5.79. The maximum Gasteiger partial charge on any atom is 0.326 e. The van der Waals surface area contributed by atoms with Crippen molar-refractivity contribution in [3.8, 4) is 0 Å². The molecule has 0 aromatic heterocycles. The van der Waals surface area contributed by atoms with E-state index in [2.05, 4.69) is 10.6 Å². The number of carboxylic acids is 1. The Balaban J connectivity index is 2.05. The zero-order chi connectivity index (χ0) is 15.4. The molecule has 6 nitrogen and oxygen atoms in total. The van der Waals surface area contributed by atoms with Crippen LogP contribution in [0.5, 0.6) is 0 Å². The summed E-state index contributed by atoms with van der Waals surface area (Å²) in [6.07, 6.45) is 0.463. The molecule has 1 aromatic rings. The summed E-state index contributed by atoms with van der Waals surface area (Å²) in [4.78, 5) is 24.9. The van der Waals surface area contributed by atoms with Crippen LogP contribution < -0.4 is 10.6 Å². The summed E-state index contributed by atoms with van der Waals surface area (Å²) in [7, 11) is 1.81. The lowest BCUT2D eigenvalue weighted by Crippen LogP contribution is -2.43. The Hall–Kier alpha value is -1.79. The third kappa shape index (κ3) is 3.86. The van der Waals surface area contributed by atoms with Crippen LogP contribution in [-0.4, -0.2) is 48.2 Å². The molecule has 1 heterocycles. The molecule has 2 unspecified atom stereocenters. The number of carbonyl (C=O) groups excluding carboxylic acids is 1. The van der Waals surface area contributed by atoms with Gasteiger partial charge in [0.1, 0.15) is 6.04 Å². The van der Waals surface area contributed by atoms with Gasteiger partial charge in [0.05, 0.1) is 0 Å². The Labute approximate surface area is 128 Å². The van der Waals surface area contributed by atoms with Crippen LogP contribution in [0, 0.1) is 5.92 Å². The molecule has 1 aliphatic heterocycles. The van der Waals surface area contributed by atoms with Gasteiger partial charge in [-0.1, -0.05) is 11.6 Å². The van der Waals surface area contributed by atoms with E-state index in [1.807, 2.05) is 7.05 Å². The first-order valence-corrected chi connectivity index (χ1v) is 7.09. The molecule has 1 fully saturated rings. The van der Waals surface area contributed by atoms with Crippen LogP contribution in [0.25, 0.3) is 0 Å². The summed E-state index contributed by atoms with van der Waals surface area (Å²) in [5.41, 5.74) is 0.589. The van der Waals surface area contributed by atoms with Crippen LogP contribution in [0.4, 0.5) is 10.5 Å². The number of rotatable bonds is 4. The number of carboxylic acid groups (broad SMARTS) is 1. The molecule has 3 N–H and O–H groups in total. The van der Waals surface area contributed by atoms with Gasteiger partial charge in [0.15, 0.2) is 0 Å². The molecule has 0 spiro atoms. The van der Waals surface area contributed by atoms with Crippen molar-refractivity contribution in [1.82, 2.24) is 10.2 Å². The summed E-state index contributed by atoms with van der Waals surface area (Å²) in [5.74, 6) is -0.827. The van der Waals surface area contributed by atoms with Crippen LogP contribution in [0.1, 0.15) is 6.42 Å². The quantitative estimate of drug-likeness (QED) is 0.793. The van der Waals surface area contributed by atoms with Gasteiger partial charge in [0.25, 0.3) is 0 Å². The van der Waals surface area contributed by atoms with Gasteiger partial charge in [-0.05, 0) is 50.2 Å². The molecule has 1 saturated heterocycles. The number of anilines is 1. The second-order valence-electron chi connectivity index (χ2n) is 5.10. The SMILES string of the molecule is CNCC1CC(C(=O)O)N(C(=O)Nc2ccc(Cl)cc2)C1. The van der Waals surface area contributed by atoms with Gasteiger partial charge < -0.3 is 20.6 Å². The van der Waals surface area contributed by atoms with Crippen molar-refractivity contribution in [3.05, 3.63) is 29.3 Å². The predicted octanol–water partition coefficient (Wildman–Crippen LogP) is 1.87. The minimum absolute atomic E-state index is 0.145. The molecule has 114 valence electrons. The summed E-state index contributed by atoms with van der Waals surface area (Å²) in [5, 5.41) is 15.6. The fourth-order valence-corrected chi connectivity index (χ4v) is 2.67. The number of hydrogen-bond donors (Lipinski definition) is 3. The molecule has 21 heavy (non-hydrogen) atoms. The highest BCUT2D eigenvalue weighted by atomic mass is 35.5. The van der Waals surface area contributed by atoms with Crippen molar-refractivity contribution in [2.45, 2.75) is 12.5 Å². The Bertz CT molecular complexity index is 521. The molecular formula is C14H18ClN3O3. The van der Waals surface area contributed by atoms with Crippen LogP contribution in [-0.2, 0) is 4.79 Å².